The highest BCUT2D eigenvalue weighted by atomic mass is 32.1. The van der Waals surface area contributed by atoms with Crippen LogP contribution in [0, 0.1) is 11.8 Å². The Hall–Kier alpha value is -0.860. The number of hydrogen-bond donors (Lipinski definition) is 2. The summed E-state index contributed by atoms with van der Waals surface area (Å²) in [5, 5.41) is 20.8. The van der Waals surface area contributed by atoms with Crippen molar-refractivity contribution in [2.75, 3.05) is 19.7 Å². The Morgan fingerprint density at radius 3 is 3.05 bits per heavy atom. The Morgan fingerprint density at radius 2 is 2.26 bits per heavy atom. The van der Waals surface area contributed by atoms with Gasteiger partial charge < -0.3 is 10.2 Å². The molecule has 1 aromatic rings. The van der Waals surface area contributed by atoms with Gasteiger partial charge in [0, 0.05) is 28.9 Å². The summed E-state index contributed by atoms with van der Waals surface area (Å²) < 4.78 is 0. The van der Waals surface area contributed by atoms with Gasteiger partial charge in [0.2, 0.25) is 0 Å². The van der Waals surface area contributed by atoms with E-state index in [2.05, 4.69) is 22.8 Å². The van der Waals surface area contributed by atoms with Gasteiger partial charge in [0.25, 0.3) is 0 Å². The zero-order valence-electron chi connectivity index (χ0n) is 11.4. The highest BCUT2D eigenvalue weighted by molar-refractivity contribution is 7.10. The summed E-state index contributed by atoms with van der Waals surface area (Å²) >= 11 is 1.71. The van der Waals surface area contributed by atoms with Crippen molar-refractivity contribution in [1.82, 2.24) is 4.90 Å². The molecule has 19 heavy (non-hydrogen) atoms. The highest BCUT2D eigenvalue weighted by Gasteiger charge is 2.24. The minimum atomic E-state index is -0.498. The smallest absolute Gasteiger partial charge is 0.104 e. The van der Waals surface area contributed by atoms with E-state index in [-0.39, 0.29) is 6.61 Å². The lowest BCUT2D eigenvalue weighted by atomic mass is 9.98. The van der Waals surface area contributed by atoms with Crippen LogP contribution in [0.4, 0.5) is 0 Å². The topological polar surface area (TPSA) is 43.7 Å². The fraction of sp³-hybridized carbons (Fsp3) is 0.600. The van der Waals surface area contributed by atoms with Crippen molar-refractivity contribution in [2.24, 2.45) is 0 Å². The number of thiophene rings is 1. The molecule has 1 atom stereocenters. The lowest BCUT2D eigenvalue weighted by Gasteiger charge is -2.21. The molecule has 1 aromatic heterocycles. The molecular weight excluding hydrogens is 258 g/mol. The normalized spacial score (nSPS) is 24.6. The molecule has 0 saturated carbocycles. The third kappa shape index (κ3) is 4.63. The van der Waals surface area contributed by atoms with Crippen LogP contribution in [0.3, 0.4) is 0 Å². The average molecular weight is 279 g/mol. The van der Waals surface area contributed by atoms with Crippen molar-refractivity contribution < 1.29 is 10.2 Å². The molecule has 1 aliphatic rings. The number of hydrogen-bond acceptors (Lipinski definition) is 4. The molecule has 2 N–H and O–H groups in total. The first-order valence-corrected chi connectivity index (χ1v) is 7.59. The summed E-state index contributed by atoms with van der Waals surface area (Å²) in [4.78, 5) is 3.69. The molecule has 2 rings (SSSR count). The monoisotopic (exact) mass is 279 g/mol. The van der Waals surface area contributed by atoms with Gasteiger partial charge in [-0.05, 0) is 38.8 Å². The maximum Gasteiger partial charge on any atom is 0.104 e. The summed E-state index contributed by atoms with van der Waals surface area (Å²) in [5.41, 5.74) is 0.484. The fourth-order valence-electron chi connectivity index (χ4n) is 2.37. The van der Waals surface area contributed by atoms with Crippen LogP contribution in [0.2, 0.25) is 0 Å². The minimum Gasteiger partial charge on any atom is -0.390 e. The number of aliphatic hydroxyl groups excluding tert-OH is 1. The van der Waals surface area contributed by atoms with Crippen molar-refractivity contribution in [2.45, 2.75) is 38.3 Å². The van der Waals surface area contributed by atoms with E-state index in [1.54, 1.807) is 11.3 Å². The molecule has 1 unspecified atom stereocenters. The quantitative estimate of drug-likeness (QED) is 0.812. The van der Waals surface area contributed by atoms with E-state index in [9.17, 15) is 5.11 Å². The van der Waals surface area contributed by atoms with Crippen molar-refractivity contribution in [1.29, 1.82) is 0 Å². The van der Waals surface area contributed by atoms with E-state index in [1.807, 2.05) is 12.3 Å². The third-order valence-electron chi connectivity index (χ3n) is 3.50. The number of likely N-dealkylation sites (tertiary alicyclic amines) is 1. The maximum atomic E-state index is 10.1. The van der Waals surface area contributed by atoms with Crippen LogP contribution in [0.1, 0.15) is 36.6 Å². The standard InChI is InChI=1S/C15H21NO2S/c1-15(18)5-3-7-16(8-6-15)11-14-10-13(12-19-14)4-2-9-17/h10,12,17-18H,3,5-9,11H2,1H3. The molecule has 3 nitrogen and oxygen atoms in total. The van der Waals surface area contributed by atoms with Gasteiger partial charge >= 0.3 is 0 Å². The molecule has 4 heteroatoms. The van der Waals surface area contributed by atoms with Crippen molar-refractivity contribution in [3.63, 3.8) is 0 Å². The fourth-order valence-corrected chi connectivity index (χ4v) is 3.23. The lowest BCUT2D eigenvalue weighted by molar-refractivity contribution is 0.0444. The summed E-state index contributed by atoms with van der Waals surface area (Å²) in [6, 6.07) is 2.09. The van der Waals surface area contributed by atoms with Crippen LogP contribution in [0.5, 0.6) is 0 Å². The van der Waals surface area contributed by atoms with E-state index >= 15 is 0 Å². The SMILES string of the molecule is CC1(O)CCCN(Cc2cc(C#CCO)cs2)CC1. The van der Waals surface area contributed by atoms with E-state index < -0.39 is 5.60 Å². The molecule has 0 aromatic carbocycles. The zero-order chi connectivity index (χ0) is 13.7. The number of rotatable bonds is 2. The van der Waals surface area contributed by atoms with Gasteiger partial charge in [-0.25, -0.2) is 0 Å². The number of nitrogens with zero attached hydrogens (tertiary/aromatic N) is 1. The Labute approximate surface area is 118 Å². The summed E-state index contributed by atoms with van der Waals surface area (Å²) in [7, 11) is 0. The van der Waals surface area contributed by atoms with Crippen LogP contribution in [0.15, 0.2) is 11.4 Å². The molecule has 1 saturated heterocycles. The average Bonchev–Trinajstić information content (AvgIpc) is 2.73. The Balaban J connectivity index is 1.92. The summed E-state index contributed by atoms with van der Waals surface area (Å²) in [5.74, 6) is 5.60. The maximum absolute atomic E-state index is 10.1. The molecule has 2 heterocycles. The van der Waals surface area contributed by atoms with Gasteiger partial charge in [0.05, 0.1) is 5.60 Å². The minimum absolute atomic E-state index is 0.0909. The van der Waals surface area contributed by atoms with E-state index in [1.165, 1.54) is 4.88 Å². The summed E-state index contributed by atoms with van der Waals surface area (Å²) in [6.45, 7) is 4.77. The van der Waals surface area contributed by atoms with Crippen molar-refractivity contribution in [3.05, 3.63) is 21.9 Å². The molecule has 104 valence electrons. The van der Waals surface area contributed by atoms with Gasteiger partial charge in [-0.15, -0.1) is 11.3 Å². The van der Waals surface area contributed by atoms with Gasteiger partial charge in [-0.3, -0.25) is 4.90 Å². The van der Waals surface area contributed by atoms with Crippen LogP contribution >= 0.6 is 11.3 Å². The van der Waals surface area contributed by atoms with Gasteiger partial charge in [-0.2, -0.15) is 0 Å². The highest BCUT2D eigenvalue weighted by Crippen LogP contribution is 2.23. The Kier molecular flexibility index (Phi) is 5.00. The second-order valence-corrected chi connectivity index (χ2v) is 6.38. The molecule has 0 spiro atoms. The predicted molar refractivity (Wildman–Crippen MR) is 78.0 cm³/mol. The van der Waals surface area contributed by atoms with E-state index in [4.69, 9.17) is 5.11 Å². The molecule has 0 amide bonds. The van der Waals surface area contributed by atoms with Crippen LogP contribution < -0.4 is 0 Å². The van der Waals surface area contributed by atoms with Gasteiger partial charge in [0.1, 0.15) is 6.61 Å². The van der Waals surface area contributed by atoms with Gasteiger partial charge in [0.15, 0.2) is 0 Å². The zero-order valence-corrected chi connectivity index (χ0v) is 12.2. The molecule has 1 aliphatic heterocycles. The first kappa shape index (κ1) is 14.5. The molecule has 0 aliphatic carbocycles. The Morgan fingerprint density at radius 1 is 1.42 bits per heavy atom. The van der Waals surface area contributed by atoms with Crippen molar-refractivity contribution in [3.8, 4) is 11.8 Å². The van der Waals surface area contributed by atoms with Crippen LogP contribution in [-0.2, 0) is 6.54 Å². The van der Waals surface area contributed by atoms with Gasteiger partial charge in [-0.1, -0.05) is 11.8 Å². The number of aliphatic hydroxyl groups is 2. The molecule has 0 bridgehead atoms. The van der Waals surface area contributed by atoms with E-state index in [0.717, 1.165) is 44.5 Å². The first-order chi connectivity index (χ1) is 9.09. The third-order valence-corrected chi connectivity index (χ3v) is 4.42. The molecule has 1 fully saturated rings. The van der Waals surface area contributed by atoms with Crippen LogP contribution in [0.25, 0.3) is 0 Å². The largest absolute Gasteiger partial charge is 0.390 e. The molecule has 0 radical (unpaired) electrons. The molecular formula is C15H21NO2S. The summed E-state index contributed by atoms with van der Waals surface area (Å²) in [6.07, 6.45) is 2.78. The lowest BCUT2D eigenvalue weighted by Crippen LogP contribution is -2.27. The van der Waals surface area contributed by atoms with Crippen molar-refractivity contribution >= 4 is 11.3 Å². The van der Waals surface area contributed by atoms with E-state index in [0.29, 0.717) is 0 Å². The second-order valence-electron chi connectivity index (χ2n) is 5.39. The second kappa shape index (κ2) is 6.53. The Bertz CT molecular complexity index is 470. The first-order valence-electron chi connectivity index (χ1n) is 6.71. The van der Waals surface area contributed by atoms with Crippen LogP contribution in [-0.4, -0.2) is 40.4 Å². The predicted octanol–water partition coefficient (Wildman–Crippen LogP) is 1.83.